The molecule has 0 atom stereocenters. The second-order valence-corrected chi connectivity index (χ2v) is 8.84. The lowest BCUT2D eigenvalue weighted by atomic mass is 10.1. The van der Waals surface area contributed by atoms with Crippen molar-refractivity contribution in [1.82, 2.24) is 0 Å². The first-order chi connectivity index (χ1) is 9.36. The Morgan fingerprint density at radius 2 is 1.05 bits per heavy atom. The highest BCUT2D eigenvalue weighted by Crippen LogP contribution is 2.18. The largest absolute Gasteiger partial charge is 0.0720 e. The van der Waals surface area contributed by atoms with Gasteiger partial charge in [-0.2, -0.15) is 0 Å². The summed E-state index contributed by atoms with van der Waals surface area (Å²) in [6, 6.07) is 24.0. The van der Waals surface area contributed by atoms with E-state index in [9.17, 15) is 0 Å². The molecular weight excluding hydrogens is 244 g/mol. The van der Waals surface area contributed by atoms with Gasteiger partial charge in [-0.3, -0.25) is 0 Å². The molecule has 0 nitrogen and oxygen atoms in total. The normalized spacial score (nSPS) is 15.4. The quantitative estimate of drug-likeness (QED) is 0.609. The first kappa shape index (κ1) is 14.1. The SMILES string of the molecule is C[SiH]1CCCCC1.c1ccc(-c2ccccc2)cc1. The second kappa shape index (κ2) is 7.95. The Hall–Kier alpha value is -1.34. The van der Waals surface area contributed by atoms with E-state index in [1.807, 2.05) is 12.1 Å². The van der Waals surface area contributed by atoms with Crippen LogP contribution in [0.3, 0.4) is 0 Å². The number of rotatable bonds is 1. The molecule has 2 aromatic rings. The lowest BCUT2D eigenvalue weighted by molar-refractivity contribution is 0.725. The fraction of sp³-hybridized carbons (Fsp3) is 0.333. The molecule has 1 fully saturated rings. The molecule has 0 unspecified atom stereocenters. The molecule has 1 saturated heterocycles. The van der Waals surface area contributed by atoms with Crippen molar-refractivity contribution in [3.8, 4) is 11.1 Å². The third-order valence-corrected chi connectivity index (χ3v) is 6.56. The summed E-state index contributed by atoms with van der Waals surface area (Å²) in [6.45, 7) is 2.50. The van der Waals surface area contributed by atoms with E-state index in [0.717, 1.165) is 0 Å². The molecule has 1 heterocycles. The summed E-state index contributed by atoms with van der Waals surface area (Å²) in [7, 11) is -0.0945. The van der Waals surface area contributed by atoms with Crippen LogP contribution in [0.4, 0.5) is 0 Å². The molecule has 0 aliphatic carbocycles. The predicted molar refractivity (Wildman–Crippen MR) is 88.4 cm³/mol. The molecule has 0 spiro atoms. The van der Waals surface area contributed by atoms with Crippen LogP contribution in [0.25, 0.3) is 11.1 Å². The van der Waals surface area contributed by atoms with Crippen LogP contribution in [0.1, 0.15) is 19.3 Å². The van der Waals surface area contributed by atoms with Crippen LogP contribution in [0, 0.1) is 0 Å². The van der Waals surface area contributed by atoms with Gasteiger partial charge in [0.25, 0.3) is 0 Å². The van der Waals surface area contributed by atoms with Gasteiger partial charge in [0.1, 0.15) is 0 Å². The smallest absolute Gasteiger partial charge is 0.0336 e. The summed E-state index contributed by atoms with van der Waals surface area (Å²) < 4.78 is 0. The van der Waals surface area contributed by atoms with Gasteiger partial charge in [-0.1, -0.05) is 98.6 Å². The van der Waals surface area contributed by atoms with E-state index in [-0.39, 0.29) is 8.80 Å². The summed E-state index contributed by atoms with van der Waals surface area (Å²) in [5.41, 5.74) is 2.55. The molecule has 1 heteroatoms. The van der Waals surface area contributed by atoms with Crippen LogP contribution in [0.2, 0.25) is 18.6 Å². The highest BCUT2D eigenvalue weighted by molar-refractivity contribution is 6.57. The van der Waals surface area contributed by atoms with E-state index >= 15 is 0 Å². The molecule has 2 aromatic carbocycles. The van der Waals surface area contributed by atoms with Crippen molar-refractivity contribution in [2.45, 2.75) is 37.9 Å². The third-order valence-electron chi connectivity index (χ3n) is 3.77. The predicted octanol–water partition coefficient (Wildman–Crippen LogP) is 5.38. The molecule has 3 rings (SSSR count). The van der Waals surface area contributed by atoms with Gasteiger partial charge in [0.15, 0.2) is 0 Å². The average Bonchev–Trinajstić information content (AvgIpc) is 2.51. The molecule has 0 saturated carbocycles. The second-order valence-electron chi connectivity index (χ2n) is 5.48. The Kier molecular flexibility index (Phi) is 5.89. The first-order valence-electron chi connectivity index (χ1n) is 7.47. The molecule has 100 valence electrons. The van der Waals surface area contributed by atoms with Crippen LogP contribution in [0.5, 0.6) is 0 Å². The van der Waals surface area contributed by atoms with Gasteiger partial charge >= 0.3 is 0 Å². The average molecular weight is 268 g/mol. The van der Waals surface area contributed by atoms with E-state index < -0.39 is 0 Å². The molecule has 19 heavy (non-hydrogen) atoms. The monoisotopic (exact) mass is 268 g/mol. The van der Waals surface area contributed by atoms with Crippen molar-refractivity contribution in [2.75, 3.05) is 0 Å². The molecule has 0 radical (unpaired) electrons. The highest BCUT2D eigenvalue weighted by atomic mass is 28.3. The number of benzene rings is 2. The summed E-state index contributed by atoms with van der Waals surface area (Å²) in [6.07, 6.45) is 4.62. The molecule has 0 N–H and O–H groups in total. The van der Waals surface area contributed by atoms with Crippen molar-refractivity contribution in [3.63, 3.8) is 0 Å². The van der Waals surface area contributed by atoms with E-state index in [1.165, 1.54) is 17.5 Å². The van der Waals surface area contributed by atoms with E-state index in [1.54, 1.807) is 24.9 Å². The summed E-state index contributed by atoms with van der Waals surface area (Å²) in [4.78, 5) is 0. The van der Waals surface area contributed by atoms with Gasteiger partial charge in [0.2, 0.25) is 0 Å². The van der Waals surface area contributed by atoms with Crippen molar-refractivity contribution in [2.24, 2.45) is 0 Å². The Labute approximate surface area is 119 Å². The van der Waals surface area contributed by atoms with Crippen molar-refractivity contribution >= 4 is 8.80 Å². The maximum atomic E-state index is 2.50. The Balaban J connectivity index is 0.000000163. The lowest BCUT2D eigenvalue weighted by Crippen LogP contribution is -2.09. The third kappa shape index (κ3) is 5.04. The van der Waals surface area contributed by atoms with Gasteiger partial charge in [0.05, 0.1) is 0 Å². The minimum atomic E-state index is -0.0945. The van der Waals surface area contributed by atoms with Gasteiger partial charge in [-0.15, -0.1) is 0 Å². The van der Waals surface area contributed by atoms with Crippen molar-refractivity contribution in [1.29, 1.82) is 0 Å². The minimum absolute atomic E-state index is 0.0945. The zero-order valence-electron chi connectivity index (χ0n) is 11.9. The maximum Gasteiger partial charge on any atom is 0.0336 e. The molecular formula is C18H24Si. The van der Waals surface area contributed by atoms with Gasteiger partial charge in [-0.05, 0) is 11.1 Å². The zero-order chi connectivity index (χ0) is 13.3. The van der Waals surface area contributed by atoms with Crippen LogP contribution in [-0.4, -0.2) is 8.80 Å². The lowest BCUT2D eigenvalue weighted by Gasteiger charge is -2.14. The van der Waals surface area contributed by atoms with Gasteiger partial charge < -0.3 is 0 Å². The number of hydrogen-bond donors (Lipinski definition) is 0. The topological polar surface area (TPSA) is 0 Å². The van der Waals surface area contributed by atoms with Crippen molar-refractivity contribution < 1.29 is 0 Å². The minimum Gasteiger partial charge on any atom is -0.0720 e. The Morgan fingerprint density at radius 1 is 0.632 bits per heavy atom. The molecule has 1 aliphatic rings. The summed E-state index contributed by atoms with van der Waals surface area (Å²) in [5.74, 6) is 0. The van der Waals surface area contributed by atoms with Gasteiger partial charge in [-0.25, -0.2) is 0 Å². The van der Waals surface area contributed by atoms with Crippen LogP contribution in [-0.2, 0) is 0 Å². The van der Waals surface area contributed by atoms with Crippen LogP contribution in [0.15, 0.2) is 60.7 Å². The fourth-order valence-corrected chi connectivity index (χ4v) is 4.83. The Morgan fingerprint density at radius 3 is 1.37 bits per heavy atom. The van der Waals surface area contributed by atoms with E-state index in [4.69, 9.17) is 0 Å². The van der Waals surface area contributed by atoms with Crippen LogP contribution >= 0.6 is 0 Å². The molecule has 0 amide bonds. The van der Waals surface area contributed by atoms with Crippen molar-refractivity contribution in [3.05, 3.63) is 60.7 Å². The molecule has 0 aromatic heterocycles. The fourth-order valence-electron chi connectivity index (χ4n) is 2.57. The first-order valence-corrected chi connectivity index (χ1v) is 10.3. The molecule has 0 bridgehead atoms. The maximum absolute atomic E-state index is 2.50. The zero-order valence-corrected chi connectivity index (χ0v) is 13.0. The van der Waals surface area contributed by atoms with E-state index in [0.29, 0.717) is 0 Å². The van der Waals surface area contributed by atoms with Crippen LogP contribution < -0.4 is 0 Å². The highest BCUT2D eigenvalue weighted by Gasteiger charge is 2.07. The standard InChI is InChI=1S/C12H10.C6H14Si/c1-3-7-11(8-4-1)12-9-5-2-6-10-12;1-7-5-3-2-4-6-7/h1-10H;7H,2-6H2,1H3. The van der Waals surface area contributed by atoms with Gasteiger partial charge in [0, 0.05) is 8.80 Å². The number of hydrogen-bond acceptors (Lipinski definition) is 0. The summed E-state index contributed by atoms with van der Waals surface area (Å²) in [5, 5.41) is 0. The van der Waals surface area contributed by atoms with E-state index in [2.05, 4.69) is 55.1 Å². The summed E-state index contributed by atoms with van der Waals surface area (Å²) >= 11 is 0. The Bertz CT molecular complexity index is 406. The molecule has 1 aliphatic heterocycles.